The molecule has 0 bridgehead atoms. The van der Waals surface area contributed by atoms with Crippen LogP contribution in [0.25, 0.3) is 0 Å². The van der Waals surface area contributed by atoms with E-state index in [0.717, 1.165) is 12.8 Å². The average Bonchev–Trinajstić information content (AvgIpc) is 1.80. The first-order chi connectivity index (χ1) is 4.20. The minimum atomic E-state index is -0.244. The van der Waals surface area contributed by atoms with Crippen LogP contribution >= 0.6 is 0 Å². The van der Waals surface area contributed by atoms with Crippen LogP contribution in [0.4, 0.5) is 0 Å². The van der Waals surface area contributed by atoms with Crippen molar-refractivity contribution in [1.82, 2.24) is 0 Å². The standard InChI is InChI=1S/C7H13NO/c1-5-2-3-6(8)4-7(5)9/h5,7-9H,2-4H2,1H3/t5-,7-/m1/s1. The lowest BCUT2D eigenvalue weighted by Crippen LogP contribution is -2.26. The molecule has 1 aliphatic carbocycles. The molecule has 2 nitrogen and oxygen atoms in total. The molecule has 0 aromatic heterocycles. The zero-order chi connectivity index (χ0) is 6.85. The molecule has 2 N–H and O–H groups in total. The molecule has 1 aliphatic rings. The van der Waals surface area contributed by atoms with E-state index in [1.165, 1.54) is 0 Å². The Morgan fingerprint density at radius 2 is 2.33 bits per heavy atom. The molecule has 0 saturated heterocycles. The summed E-state index contributed by atoms with van der Waals surface area (Å²) in [4.78, 5) is 0. The molecular formula is C7H13NO. The molecule has 0 aromatic rings. The van der Waals surface area contributed by atoms with Gasteiger partial charge in [0.25, 0.3) is 0 Å². The van der Waals surface area contributed by atoms with Gasteiger partial charge in [-0.15, -0.1) is 0 Å². The maximum atomic E-state index is 9.21. The van der Waals surface area contributed by atoms with Crippen LogP contribution in [-0.2, 0) is 0 Å². The second-order valence-corrected chi connectivity index (χ2v) is 2.89. The smallest absolute Gasteiger partial charge is 0.0617 e. The molecule has 2 atom stereocenters. The molecule has 52 valence electrons. The van der Waals surface area contributed by atoms with Gasteiger partial charge in [-0.05, 0) is 18.8 Å². The van der Waals surface area contributed by atoms with E-state index in [1.54, 1.807) is 0 Å². The molecule has 9 heavy (non-hydrogen) atoms. The molecule has 1 saturated carbocycles. The fourth-order valence-electron chi connectivity index (χ4n) is 1.15. The second kappa shape index (κ2) is 2.48. The van der Waals surface area contributed by atoms with Crippen LogP contribution in [-0.4, -0.2) is 16.9 Å². The molecule has 0 amide bonds. The summed E-state index contributed by atoms with van der Waals surface area (Å²) in [5.41, 5.74) is 0.709. The van der Waals surface area contributed by atoms with Gasteiger partial charge in [-0.25, -0.2) is 0 Å². The first-order valence-corrected chi connectivity index (χ1v) is 3.44. The van der Waals surface area contributed by atoms with E-state index < -0.39 is 0 Å². The molecular weight excluding hydrogens is 114 g/mol. The number of aliphatic hydroxyl groups excluding tert-OH is 1. The highest BCUT2D eigenvalue weighted by Gasteiger charge is 2.21. The summed E-state index contributed by atoms with van der Waals surface area (Å²) in [6.07, 6.45) is 2.23. The predicted octanol–water partition coefficient (Wildman–Crippen LogP) is 1.19. The van der Waals surface area contributed by atoms with Crippen molar-refractivity contribution in [2.75, 3.05) is 0 Å². The fourth-order valence-corrected chi connectivity index (χ4v) is 1.15. The van der Waals surface area contributed by atoms with Gasteiger partial charge in [0.1, 0.15) is 0 Å². The van der Waals surface area contributed by atoms with E-state index in [1.807, 2.05) is 6.92 Å². The number of aliphatic hydroxyl groups is 1. The van der Waals surface area contributed by atoms with Crippen molar-refractivity contribution in [3.05, 3.63) is 0 Å². The van der Waals surface area contributed by atoms with E-state index in [0.29, 0.717) is 18.1 Å². The number of nitrogens with one attached hydrogen (secondary N) is 1. The third kappa shape index (κ3) is 1.52. The maximum absolute atomic E-state index is 9.21. The quantitative estimate of drug-likeness (QED) is 0.504. The molecule has 0 aromatic carbocycles. The van der Waals surface area contributed by atoms with Crippen LogP contribution in [0.2, 0.25) is 0 Å². The molecule has 0 spiro atoms. The van der Waals surface area contributed by atoms with Crippen LogP contribution < -0.4 is 0 Å². The lowest BCUT2D eigenvalue weighted by atomic mass is 9.87. The van der Waals surface area contributed by atoms with E-state index >= 15 is 0 Å². The van der Waals surface area contributed by atoms with Gasteiger partial charge in [-0.3, -0.25) is 0 Å². The lowest BCUT2D eigenvalue weighted by Gasteiger charge is -2.24. The van der Waals surface area contributed by atoms with Crippen molar-refractivity contribution >= 4 is 5.71 Å². The van der Waals surface area contributed by atoms with Crippen LogP contribution in [0.5, 0.6) is 0 Å². The van der Waals surface area contributed by atoms with Gasteiger partial charge in [0, 0.05) is 12.1 Å². The van der Waals surface area contributed by atoms with Crippen molar-refractivity contribution in [1.29, 1.82) is 5.41 Å². The lowest BCUT2D eigenvalue weighted by molar-refractivity contribution is 0.110. The second-order valence-electron chi connectivity index (χ2n) is 2.89. The van der Waals surface area contributed by atoms with E-state index in [2.05, 4.69) is 0 Å². The Bertz CT molecular complexity index is 122. The minimum Gasteiger partial charge on any atom is -0.392 e. The molecule has 1 rings (SSSR count). The highest BCUT2D eigenvalue weighted by atomic mass is 16.3. The van der Waals surface area contributed by atoms with Crippen molar-refractivity contribution < 1.29 is 5.11 Å². The monoisotopic (exact) mass is 127 g/mol. The summed E-state index contributed by atoms with van der Waals surface area (Å²) in [5, 5.41) is 16.5. The first kappa shape index (κ1) is 6.75. The van der Waals surface area contributed by atoms with Gasteiger partial charge < -0.3 is 10.5 Å². The molecule has 1 fully saturated rings. The van der Waals surface area contributed by atoms with Gasteiger partial charge >= 0.3 is 0 Å². The van der Waals surface area contributed by atoms with Gasteiger partial charge in [0.05, 0.1) is 6.10 Å². The summed E-state index contributed by atoms with van der Waals surface area (Å²) in [6, 6.07) is 0. The summed E-state index contributed by atoms with van der Waals surface area (Å²) >= 11 is 0. The molecule has 0 radical (unpaired) electrons. The third-order valence-electron chi connectivity index (χ3n) is 2.01. The summed E-state index contributed by atoms with van der Waals surface area (Å²) in [7, 11) is 0. The normalized spacial score (nSPS) is 36.9. The summed E-state index contributed by atoms with van der Waals surface area (Å²) < 4.78 is 0. The highest BCUT2D eigenvalue weighted by molar-refractivity contribution is 5.82. The van der Waals surface area contributed by atoms with Crippen LogP contribution in [0.3, 0.4) is 0 Å². The molecule has 0 unspecified atom stereocenters. The summed E-state index contributed by atoms with van der Waals surface area (Å²) in [6.45, 7) is 2.04. The number of hydrogen-bond acceptors (Lipinski definition) is 2. The Kier molecular flexibility index (Phi) is 1.86. The van der Waals surface area contributed by atoms with Crippen molar-refractivity contribution in [3.8, 4) is 0 Å². The third-order valence-corrected chi connectivity index (χ3v) is 2.01. The van der Waals surface area contributed by atoms with Gasteiger partial charge in [0.15, 0.2) is 0 Å². The highest BCUT2D eigenvalue weighted by Crippen LogP contribution is 2.20. The Hall–Kier alpha value is -0.370. The zero-order valence-electron chi connectivity index (χ0n) is 5.72. The SMILES string of the molecule is C[C@@H]1CCC(=N)C[C@H]1O. The Morgan fingerprint density at radius 3 is 2.78 bits per heavy atom. The Balaban J connectivity index is 2.44. The number of rotatable bonds is 0. The molecule has 2 heteroatoms. The number of hydrogen-bond donors (Lipinski definition) is 2. The van der Waals surface area contributed by atoms with Crippen LogP contribution in [0.1, 0.15) is 26.2 Å². The maximum Gasteiger partial charge on any atom is 0.0617 e. The molecule has 0 heterocycles. The van der Waals surface area contributed by atoms with Gasteiger partial charge in [-0.1, -0.05) is 6.92 Å². The van der Waals surface area contributed by atoms with Gasteiger partial charge in [0.2, 0.25) is 0 Å². The van der Waals surface area contributed by atoms with Crippen molar-refractivity contribution in [2.45, 2.75) is 32.3 Å². The van der Waals surface area contributed by atoms with Crippen LogP contribution in [0, 0.1) is 11.3 Å². The largest absolute Gasteiger partial charge is 0.392 e. The van der Waals surface area contributed by atoms with E-state index in [4.69, 9.17) is 5.41 Å². The molecule has 0 aliphatic heterocycles. The Labute approximate surface area is 55.4 Å². The first-order valence-electron chi connectivity index (χ1n) is 3.44. The minimum absolute atomic E-state index is 0.244. The van der Waals surface area contributed by atoms with E-state index in [9.17, 15) is 5.11 Å². The van der Waals surface area contributed by atoms with Crippen molar-refractivity contribution in [3.63, 3.8) is 0 Å². The topological polar surface area (TPSA) is 44.1 Å². The van der Waals surface area contributed by atoms with Crippen LogP contribution in [0.15, 0.2) is 0 Å². The zero-order valence-corrected chi connectivity index (χ0v) is 5.72. The van der Waals surface area contributed by atoms with E-state index in [-0.39, 0.29) is 6.10 Å². The predicted molar refractivity (Wildman–Crippen MR) is 36.7 cm³/mol. The Morgan fingerprint density at radius 1 is 1.67 bits per heavy atom. The fraction of sp³-hybridized carbons (Fsp3) is 0.857. The van der Waals surface area contributed by atoms with Gasteiger partial charge in [-0.2, -0.15) is 0 Å². The summed E-state index contributed by atoms with van der Waals surface area (Å²) in [5.74, 6) is 0.402. The average molecular weight is 127 g/mol. The van der Waals surface area contributed by atoms with Crippen molar-refractivity contribution in [2.24, 2.45) is 5.92 Å².